The molecule has 1 aliphatic carbocycles. The fourth-order valence-electron chi connectivity index (χ4n) is 2.69. The Labute approximate surface area is 162 Å². The minimum atomic E-state index is -0.861. The summed E-state index contributed by atoms with van der Waals surface area (Å²) in [6, 6.07) is 9.13. The third-order valence-electron chi connectivity index (χ3n) is 4.21. The van der Waals surface area contributed by atoms with Gasteiger partial charge in [-0.1, -0.05) is 29.8 Å². The molecule has 0 heterocycles. The summed E-state index contributed by atoms with van der Waals surface area (Å²) in [6.07, 6.45) is 2.37. The molecule has 0 saturated heterocycles. The minimum absolute atomic E-state index is 0. The molecule has 140 valence electrons. The predicted octanol–water partition coefficient (Wildman–Crippen LogP) is 4.25. The van der Waals surface area contributed by atoms with Gasteiger partial charge in [0.2, 0.25) is 5.91 Å². The first kappa shape index (κ1) is 20.6. The highest BCUT2D eigenvalue weighted by atomic mass is 35.5. The van der Waals surface area contributed by atoms with Gasteiger partial charge in [0.25, 0.3) is 0 Å². The number of benzene rings is 2. The van der Waals surface area contributed by atoms with Gasteiger partial charge < -0.3 is 10.6 Å². The number of hydrogen-bond acceptors (Lipinski definition) is 2. The van der Waals surface area contributed by atoms with Crippen LogP contribution in [0.2, 0.25) is 5.02 Å². The monoisotopic (exact) mass is 400 g/mol. The summed E-state index contributed by atoms with van der Waals surface area (Å²) in [7, 11) is 0. The fourth-order valence-corrected chi connectivity index (χ4v) is 2.94. The van der Waals surface area contributed by atoms with Crippen LogP contribution in [0.5, 0.6) is 0 Å². The van der Waals surface area contributed by atoms with Gasteiger partial charge in [0.1, 0.15) is 11.6 Å². The Balaban J connectivity index is 0.00000243. The maximum absolute atomic E-state index is 14.3. The van der Waals surface area contributed by atoms with E-state index in [4.69, 9.17) is 11.6 Å². The number of hydrogen-bond donors (Lipinski definition) is 2. The van der Waals surface area contributed by atoms with Crippen molar-refractivity contribution >= 4 is 29.9 Å². The Kier molecular flexibility index (Phi) is 7.38. The maximum Gasteiger partial charge on any atom is 0.234 e. The summed E-state index contributed by atoms with van der Waals surface area (Å²) in [5, 5.41) is 6.22. The predicted molar refractivity (Wildman–Crippen MR) is 101 cm³/mol. The molecule has 1 saturated carbocycles. The first-order valence-electron chi connectivity index (χ1n) is 8.24. The van der Waals surface area contributed by atoms with Crippen LogP contribution in [0.4, 0.5) is 8.78 Å². The molecule has 1 atom stereocenters. The van der Waals surface area contributed by atoms with Crippen LogP contribution < -0.4 is 10.6 Å². The van der Waals surface area contributed by atoms with Gasteiger partial charge in [-0.2, -0.15) is 0 Å². The molecule has 1 unspecified atom stereocenters. The fraction of sp³-hybridized carbons (Fsp3) is 0.316. The molecule has 26 heavy (non-hydrogen) atoms. The second-order valence-corrected chi connectivity index (χ2v) is 6.67. The smallest absolute Gasteiger partial charge is 0.234 e. The second-order valence-electron chi connectivity index (χ2n) is 6.26. The third-order valence-corrected chi connectivity index (χ3v) is 4.55. The van der Waals surface area contributed by atoms with Crippen LogP contribution in [0.15, 0.2) is 42.5 Å². The lowest BCUT2D eigenvalue weighted by Gasteiger charge is -2.21. The Morgan fingerprint density at radius 3 is 2.58 bits per heavy atom. The van der Waals surface area contributed by atoms with Crippen LogP contribution in [0, 0.1) is 17.6 Å². The van der Waals surface area contributed by atoms with Gasteiger partial charge >= 0.3 is 0 Å². The largest absolute Gasteiger partial charge is 0.344 e. The average molecular weight is 401 g/mol. The molecule has 0 spiro atoms. The first-order valence-corrected chi connectivity index (χ1v) is 8.62. The van der Waals surface area contributed by atoms with Crippen LogP contribution in [-0.2, 0) is 4.79 Å². The molecule has 3 nitrogen and oxygen atoms in total. The van der Waals surface area contributed by atoms with E-state index in [9.17, 15) is 13.6 Å². The summed E-state index contributed by atoms with van der Waals surface area (Å²) in [6.45, 7) is 0.910. The lowest BCUT2D eigenvalue weighted by Crippen LogP contribution is -2.37. The van der Waals surface area contributed by atoms with E-state index in [-0.39, 0.29) is 30.4 Å². The molecule has 1 fully saturated rings. The van der Waals surface area contributed by atoms with Crippen molar-refractivity contribution in [3.05, 3.63) is 70.2 Å². The van der Waals surface area contributed by atoms with E-state index in [0.29, 0.717) is 16.5 Å². The number of rotatable bonds is 7. The van der Waals surface area contributed by atoms with Crippen molar-refractivity contribution in [3.8, 4) is 0 Å². The van der Waals surface area contributed by atoms with Gasteiger partial charge in [-0.3, -0.25) is 4.79 Å². The summed E-state index contributed by atoms with van der Waals surface area (Å²) >= 11 is 6.22. The molecule has 0 radical (unpaired) electrons. The van der Waals surface area contributed by atoms with Crippen LogP contribution >= 0.6 is 24.0 Å². The quantitative estimate of drug-likeness (QED) is 0.729. The van der Waals surface area contributed by atoms with Crippen molar-refractivity contribution in [1.82, 2.24) is 10.6 Å². The molecule has 1 amide bonds. The molecule has 0 bridgehead atoms. The molecular weight excluding hydrogens is 381 g/mol. The van der Waals surface area contributed by atoms with Crippen LogP contribution in [0.1, 0.15) is 30.0 Å². The summed E-state index contributed by atoms with van der Waals surface area (Å²) in [5.74, 6) is -0.825. The average Bonchev–Trinajstić information content (AvgIpc) is 3.40. The van der Waals surface area contributed by atoms with E-state index in [2.05, 4.69) is 10.6 Å². The molecule has 2 N–H and O–H groups in total. The Morgan fingerprint density at radius 1 is 1.15 bits per heavy atom. The highest BCUT2D eigenvalue weighted by Crippen LogP contribution is 2.30. The van der Waals surface area contributed by atoms with E-state index < -0.39 is 17.7 Å². The van der Waals surface area contributed by atoms with E-state index in [0.717, 1.165) is 24.7 Å². The highest BCUT2D eigenvalue weighted by molar-refractivity contribution is 6.31. The lowest BCUT2D eigenvalue weighted by molar-refractivity contribution is -0.120. The SMILES string of the molecule is Cl.O=C(CNCC1CC1)NC(c1cc(F)ccc1F)c1ccccc1Cl. The van der Waals surface area contributed by atoms with Crippen molar-refractivity contribution in [2.45, 2.75) is 18.9 Å². The van der Waals surface area contributed by atoms with Crippen molar-refractivity contribution in [1.29, 1.82) is 0 Å². The topological polar surface area (TPSA) is 41.1 Å². The number of carbonyl (C=O) groups excluding carboxylic acids is 1. The summed E-state index contributed by atoms with van der Waals surface area (Å²) in [5.41, 5.74) is 0.563. The number of carbonyl (C=O) groups is 1. The molecule has 7 heteroatoms. The minimum Gasteiger partial charge on any atom is -0.344 e. The van der Waals surface area contributed by atoms with Gasteiger partial charge in [-0.15, -0.1) is 12.4 Å². The molecule has 2 aromatic carbocycles. The second kappa shape index (κ2) is 9.31. The van der Waals surface area contributed by atoms with E-state index in [1.54, 1.807) is 24.3 Å². The van der Waals surface area contributed by atoms with Crippen molar-refractivity contribution in [2.24, 2.45) is 5.92 Å². The third kappa shape index (κ3) is 5.40. The standard InChI is InChI=1S/C19H19ClF2N2O.ClH/c20-16-4-2-1-3-14(16)19(15-9-13(21)7-8-17(15)22)24-18(25)11-23-10-12-5-6-12;/h1-4,7-9,12,19,23H,5-6,10-11H2,(H,24,25);1H. The van der Waals surface area contributed by atoms with Crippen molar-refractivity contribution in [2.75, 3.05) is 13.1 Å². The molecule has 2 aromatic rings. The van der Waals surface area contributed by atoms with Gasteiger partial charge in [-0.05, 0) is 55.1 Å². The zero-order valence-corrected chi connectivity index (χ0v) is 15.5. The van der Waals surface area contributed by atoms with Crippen LogP contribution in [0.3, 0.4) is 0 Å². The number of nitrogens with one attached hydrogen (secondary N) is 2. The van der Waals surface area contributed by atoms with Crippen molar-refractivity contribution in [3.63, 3.8) is 0 Å². The zero-order chi connectivity index (χ0) is 17.8. The molecule has 0 aliphatic heterocycles. The van der Waals surface area contributed by atoms with Gasteiger partial charge in [0.15, 0.2) is 0 Å². The van der Waals surface area contributed by atoms with E-state index in [1.807, 2.05) is 0 Å². The van der Waals surface area contributed by atoms with Crippen LogP contribution in [-0.4, -0.2) is 19.0 Å². The number of amides is 1. The Hall–Kier alpha value is -1.69. The van der Waals surface area contributed by atoms with E-state index in [1.165, 1.54) is 12.8 Å². The normalized spacial score (nSPS) is 14.4. The Morgan fingerprint density at radius 2 is 1.88 bits per heavy atom. The molecule has 1 aliphatic rings. The van der Waals surface area contributed by atoms with Gasteiger partial charge in [-0.25, -0.2) is 8.78 Å². The van der Waals surface area contributed by atoms with Gasteiger partial charge in [0, 0.05) is 10.6 Å². The lowest BCUT2D eigenvalue weighted by atomic mass is 9.97. The zero-order valence-electron chi connectivity index (χ0n) is 14.0. The highest BCUT2D eigenvalue weighted by Gasteiger charge is 2.24. The van der Waals surface area contributed by atoms with Gasteiger partial charge in [0.05, 0.1) is 12.6 Å². The molecule has 3 rings (SSSR count). The Bertz CT molecular complexity index is 769. The first-order chi connectivity index (χ1) is 12.0. The number of halogens is 4. The van der Waals surface area contributed by atoms with E-state index >= 15 is 0 Å². The molecule has 0 aromatic heterocycles. The summed E-state index contributed by atoms with van der Waals surface area (Å²) < 4.78 is 27.9. The van der Waals surface area contributed by atoms with Crippen LogP contribution in [0.25, 0.3) is 0 Å². The van der Waals surface area contributed by atoms with Crippen molar-refractivity contribution < 1.29 is 13.6 Å². The molecular formula is C19H20Cl2F2N2O. The summed E-state index contributed by atoms with van der Waals surface area (Å²) in [4.78, 5) is 12.3. The maximum atomic E-state index is 14.3.